The maximum Gasteiger partial charge on any atom is 0.471 e. The van der Waals surface area contributed by atoms with Gasteiger partial charge in [0.1, 0.15) is 0 Å². The highest BCUT2D eigenvalue weighted by atomic mass is 79.9. The number of alkyl halides is 3. The molecule has 1 aromatic heterocycles. The monoisotopic (exact) mass is 355 g/mol. The molecule has 0 aliphatic carbocycles. The van der Waals surface area contributed by atoms with E-state index in [4.69, 9.17) is 17.3 Å². The van der Waals surface area contributed by atoms with Crippen molar-refractivity contribution in [1.29, 1.82) is 0 Å². The predicted molar refractivity (Wildman–Crippen MR) is 64.5 cm³/mol. The van der Waals surface area contributed by atoms with Crippen molar-refractivity contribution in [1.82, 2.24) is 10.1 Å². The fourth-order valence-electron chi connectivity index (χ4n) is 1.37. The highest BCUT2D eigenvalue weighted by Gasteiger charge is 2.39. The van der Waals surface area contributed by atoms with E-state index in [0.29, 0.717) is 15.1 Å². The summed E-state index contributed by atoms with van der Waals surface area (Å²) in [7, 11) is 0. The highest BCUT2D eigenvalue weighted by Crippen LogP contribution is 2.31. The van der Waals surface area contributed by atoms with E-state index >= 15 is 0 Å². The van der Waals surface area contributed by atoms with Gasteiger partial charge in [0.15, 0.2) is 5.82 Å². The van der Waals surface area contributed by atoms with Gasteiger partial charge in [-0.2, -0.15) is 18.2 Å². The average molecular weight is 357 g/mol. The number of benzene rings is 1. The van der Waals surface area contributed by atoms with Crippen LogP contribution in [-0.4, -0.2) is 10.1 Å². The van der Waals surface area contributed by atoms with Crippen molar-refractivity contribution in [2.24, 2.45) is 5.73 Å². The molecule has 0 amide bonds. The molecule has 102 valence electrons. The molecule has 0 fully saturated rings. The second-order valence-corrected chi connectivity index (χ2v) is 4.89. The minimum absolute atomic E-state index is 0.254. The summed E-state index contributed by atoms with van der Waals surface area (Å²) in [5.74, 6) is -1.68. The van der Waals surface area contributed by atoms with E-state index in [1.165, 1.54) is 0 Å². The molecule has 2 N–H and O–H groups in total. The van der Waals surface area contributed by atoms with Gasteiger partial charge in [0.05, 0.1) is 6.04 Å². The molecular weight excluding hydrogens is 350 g/mol. The minimum atomic E-state index is -4.69. The number of nitrogens with two attached hydrogens (primary N) is 1. The minimum Gasteiger partial charge on any atom is -0.329 e. The van der Waals surface area contributed by atoms with Crippen LogP contribution in [0.15, 0.2) is 27.2 Å². The van der Waals surface area contributed by atoms with Crippen molar-refractivity contribution < 1.29 is 17.7 Å². The van der Waals surface area contributed by atoms with Crippen molar-refractivity contribution in [2.75, 3.05) is 0 Å². The van der Waals surface area contributed by atoms with E-state index in [2.05, 4.69) is 30.6 Å². The molecule has 0 aliphatic heterocycles. The molecule has 19 heavy (non-hydrogen) atoms. The fraction of sp³-hybridized carbons (Fsp3) is 0.200. The van der Waals surface area contributed by atoms with Crippen molar-refractivity contribution in [3.05, 3.63) is 45.0 Å². The summed E-state index contributed by atoms with van der Waals surface area (Å²) < 4.78 is 41.7. The zero-order chi connectivity index (χ0) is 14.2. The van der Waals surface area contributed by atoms with Gasteiger partial charge in [0, 0.05) is 9.50 Å². The van der Waals surface area contributed by atoms with Crippen molar-refractivity contribution in [3.63, 3.8) is 0 Å². The van der Waals surface area contributed by atoms with Gasteiger partial charge in [-0.15, -0.1) is 0 Å². The van der Waals surface area contributed by atoms with Crippen molar-refractivity contribution in [2.45, 2.75) is 12.2 Å². The Morgan fingerprint density at radius 1 is 1.37 bits per heavy atom. The summed E-state index contributed by atoms with van der Waals surface area (Å²) >= 11 is 8.98. The van der Waals surface area contributed by atoms with Gasteiger partial charge in [-0.3, -0.25) is 0 Å². The molecule has 0 saturated heterocycles. The van der Waals surface area contributed by atoms with Gasteiger partial charge >= 0.3 is 12.1 Å². The summed E-state index contributed by atoms with van der Waals surface area (Å²) in [6, 6.07) is 3.75. The Kier molecular flexibility index (Phi) is 3.84. The molecule has 0 spiro atoms. The summed E-state index contributed by atoms with van der Waals surface area (Å²) in [4.78, 5) is 3.24. The summed E-state index contributed by atoms with van der Waals surface area (Å²) in [5, 5.41) is 3.70. The fourth-order valence-corrected chi connectivity index (χ4v) is 2.30. The van der Waals surface area contributed by atoms with Crippen LogP contribution in [0.2, 0.25) is 5.02 Å². The topological polar surface area (TPSA) is 64.9 Å². The second kappa shape index (κ2) is 5.10. The van der Waals surface area contributed by atoms with Crippen LogP contribution in [0.25, 0.3) is 0 Å². The Balaban J connectivity index is 2.34. The average Bonchev–Trinajstić information content (AvgIpc) is 2.76. The van der Waals surface area contributed by atoms with Crippen LogP contribution in [0.1, 0.15) is 23.3 Å². The maximum absolute atomic E-state index is 12.3. The van der Waals surface area contributed by atoms with Gasteiger partial charge in [0.25, 0.3) is 0 Å². The number of aromatic nitrogens is 2. The van der Waals surface area contributed by atoms with Gasteiger partial charge in [-0.25, -0.2) is 0 Å². The molecule has 0 saturated carbocycles. The maximum atomic E-state index is 12.3. The van der Waals surface area contributed by atoms with Crippen LogP contribution in [0.5, 0.6) is 0 Å². The first-order valence-corrected chi connectivity index (χ1v) is 6.07. The second-order valence-electron chi connectivity index (χ2n) is 3.60. The third-order valence-corrected chi connectivity index (χ3v) is 3.18. The molecule has 0 aliphatic rings. The Bertz CT molecular complexity index is 602. The lowest BCUT2D eigenvalue weighted by atomic mass is 10.1. The Morgan fingerprint density at radius 2 is 2.05 bits per heavy atom. The number of rotatable bonds is 2. The largest absolute Gasteiger partial charge is 0.471 e. The van der Waals surface area contributed by atoms with E-state index in [0.717, 1.165) is 0 Å². The standard InChI is InChI=1S/C10H6BrClF3N3O/c11-6-3-4(12)1-2-5(6)7(16)8-17-9(19-18-8)10(13,14)15/h1-3,7H,16H2. The van der Waals surface area contributed by atoms with E-state index in [9.17, 15) is 13.2 Å². The van der Waals surface area contributed by atoms with Gasteiger partial charge in [-0.05, 0) is 17.7 Å². The lowest BCUT2D eigenvalue weighted by Gasteiger charge is -2.09. The number of hydrogen-bond donors (Lipinski definition) is 1. The van der Waals surface area contributed by atoms with Crippen LogP contribution < -0.4 is 5.73 Å². The van der Waals surface area contributed by atoms with E-state index in [-0.39, 0.29) is 5.82 Å². The predicted octanol–water partition coefficient (Wildman–Crippen LogP) is 3.55. The van der Waals surface area contributed by atoms with Crippen LogP contribution in [0.4, 0.5) is 13.2 Å². The third kappa shape index (κ3) is 3.07. The van der Waals surface area contributed by atoms with E-state index < -0.39 is 18.1 Å². The van der Waals surface area contributed by atoms with Crippen LogP contribution in [-0.2, 0) is 6.18 Å². The summed E-state index contributed by atoms with van der Waals surface area (Å²) in [5.41, 5.74) is 6.30. The quantitative estimate of drug-likeness (QED) is 0.894. The molecule has 0 bridgehead atoms. The molecule has 1 heterocycles. The number of nitrogens with zero attached hydrogens (tertiary/aromatic N) is 2. The van der Waals surface area contributed by atoms with Gasteiger partial charge in [0.2, 0.25) is 0 Å². The first kappa shape index (κ1) is 14.3. The molecule has 4 nitrogen and oxygen atoms in total. The zero-order valence-electron chi connectivity index (χ0n) is 9.08. The molecule has 1 atom stereocenters. The molecule has 1 aromatic carbocycles. The summed E-state index contributed by atoms with van der Waals surface area (Å²) in [6.45, 7) is 0. The van der Waals surface area contributed by atoms with Crippen LogP contribution in [0.3, 0.4) is 0 Å². The molecular formula is C10H6BrClF3N3O. The van der Waals surface area contributed by atoms with Crippen molar-refractivity contribution >= 4 is 27.5 Å². The third-order valence-electron chi connectivity index (χ3n) is 2.26. The lowest BCUT2D eigenvalue weighted by Crippen LogP contribution is -2.15. The van der Waals surface area contributed by atoms with Crippen LogP contribution >= 0.6 is 27.5 Å². The molecule has 9 heteroatoms. The Hall–Kier alpha value is -1.12. The molecule has 2 aromatic rings. The lowest BCUT2D eigenvalue weighted by molar-refractivity contribution is -0.159. The smallest absolute Gasteiger partial charge is 0.329 e. The number of halogens is 5. The van der Waals surface area contributed by atoms with Gasteiger partial charge in [-0.1, -0.05) is 38.8 Å². The first-order valence-electron chi connectivity index (χ1n) is 4.90. The van der Waals surface area contributed by atoms with Crippen LogP contribution in [0, 0.1) is 0 Å². The highest BCUT2D eigenvalue weighted by molar-refractivity contribution is 9.10. The molecule has 0 radical (unpaired) electrons. The number of hydrogen-bond acceptors (Lipinski definition) is 4. The SMILES string of the molecule is NC(c1noc(C(F)(F)F)n1)c1ccc(Cl)cc1Br. The zero-order valence-corrected chi connectivity index (χ0v) is 11.4. The van der Waals surface area contributed by atoms with Crippen molar-refractivity contribution in [3.8, 4) is 0 Å². The normalized spacial score (nSPS) is 13.6. The summed E-state index contributed by atoms with van der Waals surface area (Å²) in [6.07, 6.45) is -4.69. The molecule has 1 unspecified atom stereocenters. The molecule has 2 rings (SSSR count). The Morgan fingerprint density at radius 3 is 2.58 bits per heavy atom. The van der Waals surface area contributed by atoms with E-state index in [1.807, 2.05) is 0 Å². The Labute approximate surface area is 118 Å². The first-order chi connectivity index (χ1) is 8.79. The van der Waals surface area contributed by atoms with Gasteiger partial charge < -0.3 is 10.3 Å². The van der Waals surface area contributed by atoms with E-state index in [1.54, 1.807) is 18.2 Å².